The first-order valence-corrected chi connectivity index (χ1v) is 7.35. The molecule has 1 saturated carbocycles. The minimum atomic E-state index is -0.441. The van der Waals surface area contributed by atoms with Gasteiger partial charge in [-0.25, -0.2) is 0 Å². The van der Waals surface area contributed by atoms with Gasteiger partial charge in [0.05, 0.1) is 18.2 Å². The standard InChI is InChI=1S/C16H21NO3/c18-13-9-12(10-13)16(20)17-7-6-15(19)14(17)8-11-4-2-1-3-5-11/h1-5,12-15,18-19H,6-10H2/t12?,13?,14-,15-/m0/s1. The Labute approximate surface area is 119 Å². The lowest BCUT2D eigenvalue weighted by Crippen LogP contribution is -2.48. The van der Waals surface area contributed by atoms with Crippen LogP contribution in [0.2, 0.25) is 0 Å². The molecule has 1 saturated heterocycles. The Balaban J connectivity index is 1.69. The van der Waals surface area contributed by atoms with Gasteiger partial charge < -0.3 is 15.1 Å². The smallest absolute Gasteiger partial charge is 0.226 e. The van der Waals surface area contributed by atoms with E-state index in [2.05, 4.69) is 0 Å². The maximum Gasteiger partial charge on any atom is 0.226 e. The predicted octanol–water partition coefficient (Wildman–Crippen LogP) is 0.962. The number of benzene rings is 1. The third-order valence-corrected chi connectivity index (χ3v) is 4.54. The molecule has 1 aliphatic carbocycles. The van der Waals surface area contributed by atoms with Crippen LogP contribution in [-0.2, 0) is 11.2 Å². The number of aliphatic hydroxyl groups is 2. The highest BCUT2D eigenvalue weighted by Gasteiger charge is 2.42. The van der Waals surface area contributed by atoms with E-state index in [1.807, 2.05) is 35.2 Å². The molecule has 0 unspecified atom stereocenters. The van der Waals surface area contributed by atoms with Gasteiger partial charge in [-0.1, -0.05) is 30.3 Å². The van der Waals surface area contributed by atoms with E-state index in [4.69, 9.17) is 0 Å². The van der Waals surface area contributed by atoms with Gasteiger partial charge in [0, 0.05) is 12.5 Å². The summed E-state index contributed by atoms with van der Waals surface area (Å²) < 4.78 is 0. The highest BCUT2D eigenvalue weighted by molar-refractivity contribution is 5.80. The van der Waals surface area contributed by atoms with Crippen LogP contribution in [0.4, 0.5) is 0 Å². The predicted molar refractivity (Wildman–Crippen MR) is 75.0 cm³/mol. The second-order valence-electron chi connectivity index (χ2n) is 5.97. The van der Waals surface area contributed by atoms with E-state index in [0.717, 1.165) is 5.56 Å². The molecule has 108 valence electrons. The van der Waals surface area contributed by atoms with E-state index >= 15 is 0 Å². The van der Waals surface area contributed by atoms with E-state index < -0.39 is 6.10 Å². The van der Waals surface area contributed by atoms with Crippen molar-refractivity contribution in [1.29, 1.82) is 0 Å². The highest BCUT2D eigenvalue weighted by atomic mass is 16.3. The van der Waals surface area contributed by atoms with Gasteiger partial charge in [0.1, 0.15) is 0 Å². The van der Waals surface area contributed by atoms with Gasteiger partial charge in [0.2, 0.25) is 5.91 Å². The molecular formula is C16H21NO3. The minimum Gasteiger partial charge on any atom is -0.393 e. The SMILES string of the molecule is O=C(C1CC(O)C1)N1CC[C@H](O)[C@@H]1Cc1ccccc1. The maximum atomic E-state index is 12.4. The zero-order valence-corrected chi connectivity index (χ0v) is 11.5. The Morgan fingerprint density at radius 2 is 1.90 bits per heavy atom. The molecule has 2 aliphatic rings. The van der Waals surface area contributed by atoms with Crippen LogP contribution in [0.3, 0.4) is 0 Å². The Morgan fingerprint density at radius 3 is 2.55 bits per heavy atom. The van der Waals surface area contributed by atoms with Crippen molar-refractivity contribution >= 4 is 5.91 Å². The third kappa shape index (κ3) is 2.58. The first-order chi connectivity index (χ1) is 9.65. The van der Waals surface area contributed by atoms with Gasteiger partial charge in [-0.05, 0) is 31.2 Å². The lowest BCUT2D eigenvalue weighted by Gasteiger charge is -2.36. The fourth-order valence-corrected chi connectivity index (χ4v) is 3.24. The summed E-state index contributed by atoms with van der Waals surface area (Å²) in [6.07, 6.45) is 1.74. The number of hydrogen-bond acceptors (Lipinski definition) is 3. The summed E-state index contributed by atoms with van der Waals surface area (Å²) in [5.74, 6) is 0.0568. The van der Waals surface area contributed by atoms with Crippen molar-refractivity contribution in [3.63, 3.8) is 0 Å². The molecule has 0 aromatic heterocycles. The molecule has 3 rings (SSSR count). The average molecular weight is 275 g/mol. The van der Waals surface area contributed by atoms with Crippen molar-refractivity contribution < 1.29 is 15.0 Å². The normalized spacial score (nSPS) is 33.0. The molecule has 2 atom stereocenters. The lowest BCUT2D eigenvalue weighted by atomic mass is 9.81. The Hall–Kier alpha value is -1.39. The van der Waals surface area contributed by atoms with E-state index in [1.165, 1.54) is 0 Å². The van der Waals surface area contributed by atoms with Crippen LogP contribution in [0, 0.1) is 5.92 Å². The number of rotatable bonds is 3. The van der Waals surface area contributed by atoms with Crippen molar-refractivity contribution in [2.75, 3.05) is 6.54 Å². The Morgan fingerprint density at radius 1 is 1.20 bits per heavy atom. The number of aliphatic hydroxyl groups excluding tert-OH is 2. The molecule has 1 heterocycles. The fourth-order valence-electron chi connectivity index (χ4n) is 3.24. The summed E-state index contributed by atoms with van der Waals surface area (Å²) in [5.41, 5.74) is 1.14. The van der Waals surface area contributed by atoms with Crippen molar-refractivity contribution in [3.05, 3.63) is 35.9 Å². The number of amides is 1. The topological polar surface area (TPSA) is 60.8 Å². The molecular weight excluding hydrogens is 254 g/mol. The first-order valence-electron chi connectivity index (χ1n) is 7.35. The Kier molecular flexibility index (Phi) is 3.76. The van der Waals surface area contributed by atoms with Crippen LogP contribution in [0.5, 0.6) is 0 Å². The summed E-state index contributed by atoms with van der Waals surface area (Å²) in [5, 5.41) is 19.5. The van der Waals surface area contributed by atoms with Gasteiger partial charge in [0.15, 0.2) is 0 Å². The van der Waals surface area contributed by atoms with Gasteiger partial charge in [0.25, 0.3) is 0 Å². The minimum absolute atomic E-state index is 0.0476. The van der Waals surface area contributed by atoms with Gasteiger partial charge >= 0.3 is 0 Å². The average Bonchev–Trinajstić information content (AvgIpc) is 2.77. The summed E-state index contributed by atoms with van der Waals surface area (Å²) in [7, 11) is 0. The number of hydrogen-bond donors (Lipinski definition) is 2. The van der Waals surface area contributed by atoms with Crippen molar-refractivity contribution in [2.24, 2.45) is 5.92 Å². The zero-order chi connectivity index (χ0) is 14.1. The molecule has 2 N–H and O–H groups in total. The van der Waals surface area contributed by atoms with Crippen LogP contribution in [-0.4, -0.2) is 45.8 Å². The second-order valence-corrected chi connectivity index (χ2v) is 5.97. The molecule has 0 spiro atoms. The zero-order valence-electron chi connectivity index (χ0n) is 11.5. The number of carbonyl (C=O) groups excluding carboxylic acids is 1. The van der Waals surface area contributed by atoms with Crippen LogP contribution in [0.25, 0.3) is 0 Å². The number of nitrogens with zero attached hydrogens (tertiary/aromatic N) is 1. The van der Waals surface area contributed by atoms with E-state index in [-0.39, 0.29) is 24.0 Å². The largest absolute Gasteiger partial charge is 0.393 e. The molecule has 1 amide bonds. The number of carbonyl (C=O) groups is 1. The number of likely N-dealkylation sites (tertiary alicyclic amines) is 1. The van der Waals surface area contributed by atoms with Crippen molar-refractivity contribution in [2.45, 2.75) is 43.9 Å². The van der Waals surface area contributed by atoms with Crippen LogP contribution < -0.4 is 0 Å². The monoisotopic (exact) mass is 275 g/mol. The Bertz CT molecular complexity index is 470. The quantitative estimate of drug-likeness (QED) is 0.864. The molecule has 0 bridgehead atoms. The van der Waals surface area contributed by atoms with E-state index in [9.17, 15) is 15.0 Å². The molecule has 1 aliphatic heterocycles. The van der Waals surface area contributed by atoms with Crippen molar-refractivity contribution in [3.8, 4) is 0 Å². The lowest BCUT2D eigenvalue weighted by molar-refractivity contribution is -0.144. The molecule has 1 aromatic rings. The summed E-state index contributed by atoms with van der Waals surface area (Å²) >= 11 is 0. The molecule has 0 radical (unpaired) electrons. The summed E-state index contributed by atoms with van der Waals surface area (Å²) in [6, 6.07) is 9.85. The van der Waals surface area contributed by atoms with Gasteiger partial charge in [-0.3, -0.25) is 4.79 Å². The van der Waals surface area contributed by atoms with E-state index in [0.29, 0.717) is 32.2 Å². The van der Waals surface area contributed by atoms with Gasteiger partial charge in [-0.2, -0.15) is 0 Å². The van der Waals surface area contributed by atoms with Crippen LogP contribution in [0.1, 0.15) is 24.8 Å². The third-order valence-electron chi connectivity index (χ3n) is 4.54. The first kappa shape index (κ1) is 13.6. The molecule has 2 fully saturated rings. The fraction of sp³-hybridized carbons (Fsp3) is 0.562. The van der Waals surface area contributed by atoms with Crippen LogP contribution in [0.15, 0.2) is 30.3 Å². The second kappa shape index (κ2) is 5.54. The van der Waals surface area contributed by atoms with E-state index in [1.54, 1.807) is 0 Å². The van der Waals surface area contributed by atoms with Crippen molar-refractivity contribution in [1.82, 2.24) is 4.90 Å². The molecule has 4 heteroatoms. The van der Waals surface area contributed by atoms with Crippen LogP contribution >= 0.6 is 0 Å². The molecule has 4 nitrogen and oxygen atoms in total. The summed E-state index contributed by atoms with van der Waals surface area (Å²) in [4.78, 5) is 14.3. The molecule has 1 aromatic carbocycles. The summed E-state index contributed by atoms with van der Waals surface area (Å²) in [6.45, 7) is 0.629. The maximum absolute atomic E-state index is 12.4. The highest BCUT2D eigenvalue weighted by Crippen LogP contribution is 2.32. The molecule has 20 heavy (non-hydrogen) atoms. The van der Waals surface area contributed by atoms with Gasteiger partial charge in [-0.15, -0.1) is 0 Å².